The largest absolute Gasteiger partial charge is 0.481 e. The normalized spacial score (nSPS) is 21.2. The van der Waals surface area contributed by atoms with Crippen molar-refractivity contribution in [1.29, 1.82) is 0 Å². The second kappa shape index (κ2) is 5.62. The first kappa shape index (κ1) is 15.7. The molecule has 0 spiro atoms. The van der Waals surface area contributed by atoms with Crippen LogP contribution < -0.4 is 5.69 Å². The van der Waals surface area contributed by atoms with Crippen molar-refractivity contribution in [2.75, 3.05) is 0 Å². The number of hydrogen-bond acceptors (Lipinski definition) is 3. The maximum absolute atomic E-state index is 12.4. The van der Waals surface area contributed by atoms with Crippen LogP contribution >= 0.6 is 0 Å². The highest BCUT2D eigenvalue weighted by Crippen LogP contribution is 2.43. The minimum atomic E-state index is -0.892. The Balaban J connectivity index is 2.58. The molecule has 0 bridgehead atoms. The van der Waals surface area contributed by atoms with Gasteiger partial charge in [0.25, 0.3) is 0 Å². The maximum Gasteiger partial charge on any atom is 0.348 e. The molecular formula is C16H24N2O3. The molecular weight excluding hydrogens is 268 g/mol. The number of carboxylic acid groups (broad SMARTS) is 1. The summed E-state index contributed by atoms with van der Waals surface area (Å²) in [6, 6.07) is 0.0967. The van der Waals surface area contributed by atoms with Crippen LogP contribution in [0, 0.1) is 19.3 Å². The SMILES string of the molecule is Cc1nc(=O)n(C2CCCCC2(C)C)c(C)c1CC(=O)O. The molecule has 5 nitrogen and oxygen atoms in total. The predicted octanol–water partition coefficient (Wildman–Crippen LogP) is 2.63. The number of carbonyl (C=O) groups is 1. The van der Waals surface area contributed by atoms with E-state index in [1.54, 1.807) is 11.5 Å². The molecule has 116 valence electrons. The summed E-state index contributed by atoms with van der Waals surface area (Å²) in [5, 5.41) is 9.07. The number of nitrogens with zero attached hydrogens (tertiary/aromatic N) is 2. The highest BCUT2D eigenvalue weighted by atomic mass is 16.4. The maximum atomic E-state index is 12.4. The molecule has 0 radical (unpaired) electrons. The molecule has 0 aliphatic heterocycles. The van der Waals surface area contributed by atoms with Gasteiger partial charge in [0, 0.05) is 23.0 Å². The van der Waals surface area contributed by atoms with Gasteiger partial charge in [-0.3, -0.25) is 9.36 Å². The van der Waals surface area contributed by atoms with Crippen LogP contribution in [0.2, 0.25) is 0 Å². The zero-order valence-electron chi connectivity index (χ0n) is 13.3. The van der Waals surface area contributed by atoms with Crippen molar-refractivity contribution in [3.8, 4) is 0 Å². The van der Waals surface area contributed by atoms with Crippen molar-refractivity contribution in [3.63, 3.8) is 0 Å². The van der Waals surface area contributed by atoms with E-state index in [0.29, 0.717) is 11.3 Å². The average Bonchev–Trinajstić information content (AvgIpc) is 2.36. The van der Waals surface area contributed by atoms with Gasteiger partial charge in [0.1, 0.15) is 0 Å². The summed E-state index contributed by atoms with van der Waals surface area (Å²) in [4.78, 5) is 27.5. The van der Waals surface area contributed by atoms with Crippen LogP contribution in [0.15, 0.2) is 4.79 Å². The summed E-state index contributed by atoms with van der Waals surface area (Å²) in [6.45, 7) is 7.92. The van der Waals surface area contributed by atoms with Gasteiger partial charge in [-0.05, 0) is 32.1 Å². The van der Waals surface area contributed by atoms with E-state index in [2.05, 4.69) is 18.8 Å². The number of rotatable bonds is 3. The van der Waals surface area contributed by atoms with E-state index in [1.807, 2.05) is 6.92 Å². The van der Waals surface area contributed by atoms with Gasteiger partial charge in [-0.1, -0.05) is 26.7 Å². The van der Waals surface area contributed by atoms with Crippen LogP contribution in [-0.4, -0.2) is 20.6 Å². The molecule has 21 heavy (non-hydrogen) atoms. The third-order valence-electron chi connectivity index (χ3n) is 4.79. The molecule has 0 amide bonds. The summed E-state index contributed by atoms with van der Waals surface area (Å²) in [5.74, 6) is -0.892. The Kier molecular flexibility index (Phi) is 4.21. The van der Waals surface area contributed by atoms with Crippen LogP contribution in [0.4, 0.5) is 0 Å². The molecule has 2 rings (SSSR count). The van der Waals surface area contributed by atoms with E-state index < -0.39 is 5.97 Å². The lowest BCUT2D eigenvalue weighted by Crippen LogP contribution is -2.39. The number of carboxylic acids is 1. The summed E-state index contributed by atoms with van der Waals surface area (Å²) < 4.78 is 1.74. The van der Waals surface area contributed by atoms with Gasteiger partial charge in [0.15, 0.2) is 0 Å². The highest BCUT2D eigenvalue weighted by molar-refractivity contribution is 5.70. The van der Waals surface area contributed by atoms with Crippen molar-refractivity contribution in [2.24, 2.45) is 5.41 Å². The first-order valence-electron chi connectivity index (χ1n) is 7.54. The first-order valence-corrected chi connectivity index (χ1v) is 7.54. The molecule has 1 aromatic rings. The Bertz CT molecular complexity index is 617. The summed E-state index contributed by atoms with van der Waals surface area (Å²) in [5.41, 5.74) is 1.74. The molecule has 1 aliphatic carbocycles. The highest BCUT2D eigenvalue weighted by Gasteiger charge is 2.35. The van der Waals surface area contributed by atoms with E-state index in [1.165, 1.54) is 6.42 Å². The van der Waals surface area contributed by atoms with Gasteiger partial charge < -0.3 is 5.11 Å². The number of aryl methyl sites for hydroxylation is 1. The molecule has 1 atom stereocenters. The standard InChI is InChI=1S/C16H24N2O3/c1-10-12(9-14(19)20)11(2)18(15(21)17-10)13-7-5-6-8-16(13,3)4/h13H,5-9H2,1-4H3,(H,19,20). The minimum Gasteiger partial charge on any atom is -0.481 e. The third-order valence-corrected chi connectivity index (χ3v) is 4.79. The van der Waals surface area contributed by atoms with Crippen LogP contribution in [0.5, 0.6) is 0 Å². The van der Waals surface area contributed by atoms with Crippen molar-refractivity contribution in [1.82, 2.24) is 9.55 Å². The molecule has 0 saturated heterocycles. The van der Waals surface area contributed by atoms with Gasteiger partial charge in [-0.2, -0.15) is 4.98 Å². The van der Waals surface area contributed by atoms with E-state index in [-0.39, 0.29) is 23.6 Å². The van der Waals surface area contributed by atoms with Gasteiger partial charge in [0.2, 0.25) is 0 Å². The Morgan fingerprint density at radius 2 is 2.05 bits per heavy atom. The van der Waals surface area contributed by atoms with Crippen LogP contribution in [0.3, 0.4) is 0 Å². The minimum absolute atomic E-state index is 0.0320. The fraction of sp³-hybridized carbons (Fsp3) is 0.688. The van der Waals surface area contributed by atoms with E-state index in [4.69, 9.17) is 5.11 Å². The lowest BCUT2D eigenvalue weighted by atomic mass is 9.73. The number of aliphatic carboxylic acids is 1. The molecule has 1 unspecified atom stereocenters. The van der Waals surface area contributed by atoms with Crippen LogP contribution in [-0.2, 0) is 11.2 Å². The zero-order chi connectivity index (χ0) is 15.8. The Morgan fingerprint density at radius 1 is 1.38 bits per heavy atom. The van der Waals surface area contributed by atoms with Crippen molar-refractivity contribution >= 4 is 5.97 Å². The van der Waals surface area contributed by atoms with Gasteiger partial charge in [-0.15, -0.1) is 0 Å². The van der Waals surface area contributed by atoms with Crippen molar-refractivity contribution < 1.29 is 9.90 Å². The third kappa shape index (κ3) is 3.01. The Morgan fingerprint density at radius 3 is 2.62 bits per heavy atom. The molecule has 1 N–H and O–H groups in total. The monoisotopic (exact) mass is 292 g/mol. The zero-order valence-corrected chi connectivity index (χ0v) is 13.3. The average molecular weight is 292 g/mol. The Hall–Kier alpha value is -1.65. The molecule has 1 aliphatic rings. The van der Waals surface area contributed by atoms with Crippen LogP contribution in [0.1, 0.15) is 62.5 Å². The summed E-state index contributed by atoms with van der Waals surface area (Å²) in [6.07, 6.45) is 4.22. The summed E-state index contributed by atoms with van der Waals surface area (Å²) >= 11 is 0. The lowest BCUT2D eigenvalue weighted by Gasteiger charge is -2.40. The van der Waals surface area contributed by atoms with Gasteiger partial charge >= 0.3 is 11.7 Å². The van der Waals surface area contributed by atoms with E-state index in [9.17, 15) is 9.59 Å². The van der Waals surface area contributed by atoms with Crippen molar-refractivity contribution in [3.05, 3.63) is 27.4 Å². The smallest absolute Gasteiger partial charge is 0.348 e. The molecule has 1 fully saturated rings. The lowest BCUT2D eigenvalue weighted by molar-refractivity contribution is -0.136. The van der Waals surface area contributed by atoms with Crippen molar-refractivity contribution in [2.45, 2.75) is 65.8 Å². The Labute approximate surface area is 125 Å². The molecule has 0 aromatic carbocycles. The van der Waals surface area contributed by atoms with Crippen LogP contribution in [0.25, 0.3) is 0 Å². The van der Waals surface area contributed by atoms with E-state index >= 15 is 0 Å². The quantitative estimate of drug-likeness (QED) is 0.929. The first-order chi connectivity index (χ1) is 9.74. The fourth-order valence-electron chi connectivity index (χ4n) is 3.54. The molecule has 1 saturated carbocycles. The second-order valence-corrected chi connectivity index (χ2v) is 6.73. The van der Waals surface area contributed by atoms with Gasteiger partial charge in [0.05, 0.1) is 6.42 Å². The second-order valence-electron chi connectivity index (χ2n) is 6.73. The van der Waals surface area contributed by atoms with Gasteiger partial charge in [-0.25, -0.2) is 4.79 Å². The summed E-state index contributed by atoms with van der Waals surface area (Å²) in [7, 11) is 0. The molecule has 1 heterocycles. The fourth-order valence-corrected chi connectivity index (χ4v) is 3.54. The predicted molar refractivity (Wildman–Crippen MR) is 80.6 cm³/mol. The number of hydrogen-bond donors (Lipinski definition) is 1. The molecule has 1 aromatic heterocycles. The topological polar surface area (TPSA) is 72.2 Å². The van der Waals surface area contributed by atoms with E-state index in [0.717, 1.165) is 25.0 Å². The number of aromatic nitrogens is 2. The molecule has 5 heteroatoms.